The summed E-state index contributed by atoms with van der Waals surface area (Å²) in [5, 5.41) is -0.389. The molecule has 1 heterocycles. The molecule has 0 bridgehead atoms. The van der Waals surface area contributed by atoms with Crippen LogP contribution in [-0.4, -0.2) is 17.1 Å². The fourth-order valence-corrected chi connectivity index (χ4v) is 3.42. The van der Waals surface area contributed by atoms with Gasteiger partial charge in [-0.2, -0.15) is 0 Å². The van der Waals surface area contributed by atoms with Gasteiger partial charge in [0.2, 0.25) is 11.8 Å². The Hall–Kier alpha value is -2.27. The second-order valence-electron chi connectivity index (χ2n) is 4.79. The van der Waals surface area contributed by atoms with Gasteiger partial charge in [0.05, 0.1) is 10.9 Å². The average Bonchev–Trinajstić information content (AvgIpc) is 2.74. The average molecular weight is 298 g/mol. The first-order valence-corrected chi connectivity index (χ1v) is 7.47. The molecular formula is C16H14N2O2S. The van der Waals surface area contributed by atoms with E-state index in [1.165, 1.54) is 16.7 Å². The van der Waals surface area contributed by atoms with Crippen molar-refractivity contribution in [2.45, 2.75) is 16.6 Å². The van der Waals surface area contributed by atoms with Crippen molar-refractivity contribution in [1.29, 1.82) is 0 Å². The van der Waals surface area contributed by atoms with Crippen molar-refractivity contribution < 1.29 is 9.59 Å². The number of benzene rings is 2. The summed E-state index contributed by atoms with van der Waals surface area (Å²) in [7, 11) is 0. The van der Waals surface area contributed by atoms with Gasteiger partial charge in [0.25, 0.3) is 0 Å². The minimum atomic E-state index is -0.389. The summed E-state index contributed by atoms with van der Waals surface area (Å²) in [5.41, 5.74) is 7.02. The molecule has 21 heavy (non-hydrogen) atoms. The molecule has 2 amide bonds. The number of nitrogens with zero attached hydrogens (tertiary/aromatic N) is 1. The van der Waals surface area contributed by atoms with Crippen molar-refractivity contribution in [2.24, 2.45) is 0 Å². The molecule has 0 aliphatic carbocycles. The first-order valence-electron chi connectivity index (χ1n) is 6.59. The number of amides is 2. The Morgan fingerprint density at radius 3 is 2.52 bits per heavy atom. The van der Waals surface area contributed by atoms with Gasteiger partial charge in [-0.3, -0.25) is 9.59 Å². The summed E-state index contributed by atoms with van der Waals surface area (Å²) < 4.78 is 0. The van der Waals surface area contributed by atoms with Crippen LogP contribution in [0.3, 0.4) is 0 Å². The Kier molecular flexibility index (Phi) is 3.66. The molecule has 0 aromatic heterocycles. The van der Waals surface area contributed by atoms with Crippen molar-refractivity contribution >= 4 is 35.0 Å². The Labute approximate surface area is 126 Å². The van der Waals surface area contributed by atoms with Crippen molar-refractivity contribution in [2.75, 3.05) is 10.6 Å². The first-order chi connectivity index (χ1) is 10.1. The summed E-state index contributed by atoms with van der Waals surface area (Å²) in [4.78, 5) is 26.7. The zero-order valence-electron chi connectivity index (χ0n) is 11.2. The van der Waals surface area contributed by atoms with E-state index in [4.69, 9.17) is 5.73 Å². The number of thioether (sulfide) groups is 1. The van der Waals surface area contributed by atoms with Crippen LogP contribution in [0, 0.1) is 0 Å². The van der Waals surface area contributed by atoms with E-state index in [9.17, 15) is 9.59 Å². The number of rotatable bonds is 3. The molecule has 1 fully saturated rings. The molecule has 5 heteroatoms. The number of para-hydroxylation sites is 1. The number of hydrogen-bond donors (Lipinski definition) is 1. The number of anilines is 2. The fourth-order valence-electron chi connectivity index (χ4n) is 2.30. The summed E-state index contributed by atoms with van der Waals surface area (Å²) in [5.74, 6) is -0.328. The van der Waals surface area contributed by atoms with Gasteiger partial charge in [0.15, 0.2) is 0 Å². The van der Waals surface area contributed by atoms with E-state index in [0.717, 1.165) is 4.90 Å². The minimum absolute atomic E-state index is 0.160. The molecule has 2 aromatic carbocycles. The molecule has 1 saturated heterocycles. The van der Waals surface area contributed by atoms with Crippen LogP contribution in [0.15, 0.2) is 59.5 Å². The standard InChI is InChI=1S/C16H14N2O2S/c17-11-5-4-8-13(9-11)21-14-10-15(19)18(16(14)20)12-6-2-1-3-7-12/h1-9,14H,10,17H2. The number of nitrogen functional groups attached to an aromatic ring is 1. The molecule has 3 rings (SSSR count). The van der Waals surface area contributed by atoms with E-state index in [2.05, 4.69) is 0 Å². The minimum Gasteiger partial charge on any atom is -0.399 e. The smallest absolute Gasteiger partial charge is 0.247 e. The number of hydrogen-bond acceptors (Lipinski definition) is 4. The molecule has 0 saturated carbocycles. The molecule has 1 unspecified atom stereocenters. The van der Waals surface area contributed by atoms with E-state index in [1.54, 1.807) is 18.2 Å². The molecular weight excluding hydrogens is 284 g/mol. The molecule has 2 N–H and O–H groups in total. The molecule has 1 aliphatic rings. The van der Waals surface area contributed by atoms with E-state index in [0.29, 0.717) is 11.4 Å². The van der Waals surface area contributed by atoms with Crippen LogP contribution in [-0.2, 0) is 9.59 Å². The van der Waals surface area contributed by atoms with Gasteiger partial charge < -0.3 is 5.73 Å². The number of nitrogens with two attached hydrogens (primary N) is 1. The Bertz CT molecular complexity index is 688. The topological polar surface area (TPSA) is 63.4 Å². The number of carbonyl (C=O) groups is 2. The van der Waals surface area contributed by atoms with E-state index in [-0.39, 0.29) is 23.5 Å². The fraction of sp³-hybridized carbons (Fsp3) is 0.125. The molecule has 106 valence electrons. The highest BCUT2D eigenvalue weighted by Crippen LogP contribution is 2.34. The van der Waals surface area contributed by atoms with Gasteiger partial charge in [0, 0.05) is 17.0 Å². The largest absolute Gasteiger partial charge is 0.399 e. The zero-order valence-corrected chi connectivity index (χ0v) is 12.0. The highest BCUT2D eigenvalue weighted by molar-refractivity contribution is 8.00. The molecule has 4 nitrogen and oxygen atoms in total. The molecule has 1 atom stereocenters. The van der Waals surface area contributed by atoms with Crippen LogP contribution in [0.5, 0.6) is 0 Å². The van der Waals surface area contributed by atoms with Gasteiger partial charge in [-0.05, 0) is 30.3 Å². The second-order valence-corrected chi connectivity index (χ2v) is 6.06. The quantitative estimate of drug-likeness (QED) is 0.699. The SMILES string of the molecule is Nc1cccc(SC2CC(=O)N(c3ccccc3)C2=O)c1. The van der Waals surface area contributed by atoms with Crippen molar-refractivity contribution in [3.63, 3.8) is 0 Å². The Morgan fingerprint density at radius 1 is 1.05 bits per heavy atom. The zero-order chi connectivity index (χ0) is 14.8. The highest BCUT2D eigenvalue weighted by atomic mass is 32.2. The predicted octanol–water partition coefficient (Wildman–Crippen LogP) is 2.69. The summed E-state index contributed by atoms with van der Waals surface area (Å²) >= 11 is 1.38. The normalized spacial score (nSPS) is 18.3. The van der Waals surface area contributed by atoms with E-state index in [1.807, 2.05) is 36.4 Å². The van der Waals surface area contributed by atoms with Gasteiger partial charge in [0.1, 0.15) is 0 Å². The van der Waals surface area contributed by atoms with Crippen molar-refractivity contribution in [3.05, 3.63) is 54.6 Å². The Balaban J connectivity index is 1.81. The third-order valence-electron chi connectivity index (χ3n) is 3.26. The van der Waals surface area contributed by atoms with E-state index >= 15 is 0 Å². The van der Waals surface area contributed by atoms with Crippen molar-refractivity contribution in [3.8, 4) is 0 Å². The lowest BCUT2D eigenvalue weighted by Gasteiger charge is -2.14. The number of carbonyl (C=O) groups excluding carboxylic acids is 2. The van der Waals surface area contributed by atoms with Gasteiger partial charge >= 0.3 is 0 Å². The molecule has 2 aromatic rings. The van der Waals surface area contributed by atoms with Crippen LogP contribution in [0.2, 0.25) is 0 Å². The van der Waals surface area contributed by atoms with E-state index < -0.39 is 0 Å². The highest BCUT2D eigenvalue weighted by Gasteiger charge is 2.39. The third kappa shape index (κ3) is 2.78. The summed E-state index contributed by atoms with van der Waals surface area (Å²) in [6.45, 7) is 0. The molecule has 1 aliphatic heterocycles. The monoisotopic (exact) mass is 298 g/mol. The van der Waals surface area contributed by atoms with Crippen LogP contribution in [0.25, 0.3) is 0 Å². The lowest BCUT2D eigenvalue weighted by molar-refractivity contribution is -0.121. The third-order valence-corrected chi connectivity index (χ3v) is 4.43. The number of imide groups is 1. The molecule has 0 radical (unpaired) electrons. The molecule has 0 spiro atoms. The van der Waals surface area contributed by atoms with Crippen LogP contribution in [0.1, 0.15) is 6.42 Å². The van der Waals surface area contributed by atoms with Crippen molar-refractivity contribution in [1.82, 2.24) is 0 Å². The maximum Gasteiger partial charge on any atom is 0.247 e. The maximum atomic E-state index is 12.5. The lowest BCUT2D eigenvalue weighted by atomic mass is 10.3. The Morgan fingerprint density at radius 2 is 1.81 bits per heavy atom. The van der Waals surface area contributed by atoms with Crippen LogP contribution < -0.4 is 10.6 Å². The summed E-state index contributed by atoms with van der Waals surface area (Å²) in [6.07, 6.45) is 0.215. The predicted molar refractivity (Wildman–Crippen MR) is 84.1 cm³/mol. The van der Waals surface area contributed by atoms with Gasteiger partial charge in [-0.1, -0.05) is 24.3 Å². The first kappa shape index (κ1) is 13.7. The van der Waals surface area contributed by atoms with Gasteiger partial charge in [-0.25, -0.2) is 4.90 Å². The second kappa shape index (κ2) is 5.61. The lowest BCUT2D eigenvalue weighted by Crippen LogP contribution is -2.30. The maximum absolute atomic E-state index is 12.5. The summed E-state index contributed by atoms with van der Waals surface area (Å²) in [6, 6.07) is 16.4. The van der Waals surface area contributed by atoms with Crippen LogP contribution >= 0.6 is 11.8 Å². The van der Waals surface area contributed by atoms with Crippen LogP contribution in [0.4, 0.5) is 11.4 Å². The van der Waals surface area contributed by atoms with Gasteiger partial charge in [-0.15, -0.1) is 11.8 Å².